The fraction of sp³-hybridized carbons (Fsp3) is 0.476. The number of nitrogens with one attached hydrogen (secondary N) is 1. The summed E-state index contributed by atoms with van der Waals surface area (Å²) in [7, 11) is 0. The first kappa shape index (κ1) is 22.7. The van der Waals surface area contributed by atoms with Crippen LogP contribution < -0.4 is 10.1 Å². The molecule has 1 aliphatic rings. The molecule has 2 amide bonds. The number of nitrogens with zero attached hydrogens (tertiary/aromatic N) is 3. The summed E-state index contributed by atoms with van der Waals surface area (Å²) < 4.78 is 14.2. The maximum Gasteiger partial charge on any atom is 0.362 e. The molecule has 2 atom stereocenters. The summed E-state index contributed by atoms with van der Waals surface area (Å²) in [5.41, 5.74) is 0.333. The summed E-state index contributed by atoms with van der Waals surface area (Å²) in [6.45, 7) is 5.96. The van der Waals surface area contributed by atoms with Crippen LogP contribution in [0.1, 0.15) is 60.9 Å². The van der Waals surface area contributed by atoms with Gasteiger partial charge in [-0.3, -0.25) is 9.59 Å². The van der Waals surface area contributed by atoms with Crippen molar-refractivity contribution in [3.8, 4) is 5.75 Å². The van der Waals surface area contributed by atoms with Crippen molar-refractivity contribution in [3.05, 3.63) is 35.5 Å². The van der Waals surface area contributed by atoms with Crippen molar-refractivity contribution >= 4 is 34.3 Å². The van der Waals surface area contributed by atoms with E-state index in [9.17, 15) is 14.4 Å². The average molecular weight is 447 g/mol. The molecule has 10 heteroatoms. The van der Waals surface area contributed by atoms with Gasteiger partial charge < -0.3 is 19.7 Å². The third-order valence-electron chi connectivity index (χ3n) is 5.14. The molecular formula is C21H26N4O5S. The molecule has 1 saturated heterocycles. The van der Waals surface area contributed by atoms with Crippen LogP contribution in [0, 0.1) is 0 Å². The number of hydrogen-bond acceptors (Lipinski definition) is 8. The Hall–Kier alpha value is -3.01. The van der Waals surface area contributed by atoms with E-state index >= 15 is 0 Å². The maximum absolute atomic E-state index is 12.6. The van der Waals surface area contributed by atoms with Crippen LogP contribution in [0.15, 0.2) is 24.3 Å². The molecule has 0 saturated carbocycles. The van der Waals surface area contributed by atoms with Gasteiger partial charge in [-0.05, 0) is 64.3 Å². The molecule has 1 aromatic carbocycles. The number of anilines is 1. The third-order valence-corrected chi connectivity index (χ3v) is 5.79. The van der Waals surface area contributed by atoms with E-state index < -0.39 is 11.9 Å². The number of rotatable bonds is 7. The first-order valence-electron chi connectivity index (χ1n) is 10.3. The number of aromatic nitrogens is 2. The number of piperidine rings is 1. The van der Waals surface area contributed by atoms with E-state index in [1.807, 2.05) is 4.90 Å². The van der Waals surface area contributed by atoms with E-state index in [1.165, 1.54) is 0 Å². The second-order valence-corrected chi connectivity index (χ2v) is 8.12. The monoisotopic (exact) mass is 446 g/mol. The minimum absolute atomic E-state index is 0.0279. The molecule has 0 spiro atoms. The van der Waals surface area contributed by atoms with Gasteiger partial charge in [0, 0.05) is 29.2 Å². The summed E-state index contributed by atoms with van der Waals surface area (Å²) in [6, 6.07) is 6.85. The van der Waals surface area contributed by atoms with E-state index in [2.05, 4.69) is 28.8 Å². The van der Waals surface area contributed by atoms with Crippen LogP contribution in [0.5, 0.6) is 5.75 Å². The Labute approximate surface area is 184 Å². The van der Waals surface area contributed by atoms with Gasteiger partial charge in [0.15, 0.2) is 11.6 Å². The van der Waals surface area contributed by atoms with E-state index in [0.29, 0.717) is 11.3 Å². The fourth-order valence-electron chi connectivity index (χ4n) is 3.62. The Morgan fingerprint density at radius 2 is 1.84 bits per heavy atom. The van der Waals surface area contributed by atoms with Crippen LogP contribution in [0.4, 0.5) is 5.00 Å². The standard InChI is InChI=1S/C21H26N4O5S/c1-4-29-21(28)18-20(31-24-23-18)22-19(27)15-8-10-16(11-9-15)30-12-17(26)25-13(2)6-5-7-14(25)3/h8-11,13-14H,4-7,12H2,1-3H3,(H,22,27). The molecule has 2 aromatic rings. The Kier molecular flexibility index (Phi) is 7.56. The smallest absolute Gasteiger partial charge is 0.362 e. The van der Waals surface area contributed by atoms with Gasteiger partial charge in [0.2, 0.25) is 5.69 Å². The van der Waals surface area contributed by atoms with Crippen molar-refractivity contribution in [2.24, 2.45) is 0 Å². The normalized spacial score (nSPS) is 18.4. The molecular weight excluding hydrogens is 420 g/mol. The lowest BCUT2D eigenvalue weighted by Crippen LogP contribution is -2.49. The number of hydrogen-bond donors (Lipinski definition) is 1. The Balaban J connectivity index is 1.56. The first-order valence-corrected chi connectivity index (χ1v) is 11.0. The van der Waals surface area contributed by atoms with Crippen LogP contribution in [0.25, 0.3) is 0 Å². The van der Waals surface area contributed by atoms with Gasteiger partial charge >= 0.3 is 5.97 Å². The molecule has 2 unspecified atom stereocenters. The second-order valence-electron chi connectivity index (χ2n) is 7.37. The average Bonchev–Trinajstić information content (AvgIpc) is 3.21. The molecule has 166 valence electrons. The predicted octanol–water partition coefficient (Wildman–Crippen LogP) is 3.14. The molecule has 3 rings (SSSR count). The highest BCUT2D eigenvalue weighted by molar-refractivity contribution is 7.10. The van der Waals surface area contributed by atoms with Gasteiger partial charge in [0.05, 0.1) is 6.61 Å². The van der Waals surface area contributed by atoms with Crippen molar-refractivity contribution in [2.75, 3.05) is 18.5 Å². The molecule has 2 heterocycles. The van der Waals surface area contributed by atoms with E-state index in [4.69, 9.17) is 9.47 Å². The number of benzene rings is 1. The third kappa shape index (κ3) is 5.57. The highest BCUT2D eigenvalue weighted by atomic mass is 32.1. The molecule has 0 aliphatic carbocycles. The zero-order valence-corrected chi connectivity index (χ0v) is 18.6. The molecule has 9 nitrogen and oxygen atoms in total. The Morgan fingerprint density at radius 3 is 2.48 bits per heavy atom. The SMILES string of the molecule is CCOC(=O)c1nnsc1NC(=O)c1ccc(OCC(=O)N2C(C)CCCC2C)cc1. The zero-order chi connectivity index (χ0) is 22.4. The highest BCUT2D eigenvalue weighted by Gasteiger charge is 2.29. The van der Waals surface area contributed by atoms with Crippen molar-refractivity contribution in [1.82, 2.24) is 14.5 Å². The summed E-state index contributed by atoms with van der Waals surface area (Å²) >= 11 is 0.894. The number of amides is 2. The number of carbonyl (C=O) groups is 3. The predicted molar refractivity (Wildman–Crippen MR) is 115 cm³/mol. The number of carbonyl (C=O) groups excluding carboxylic acids is 3. The molecule has 1 N–H and O–H groups in total. The molecule has 31 heavy (non-hydrogen) atoms. The van der Waals surface area contributed by atoms with Crippen LogP contribution in [0.3, 0.4) is 0 Å². The topological polar surface area (TPSA) is 111 Å². The highest BCUT2D eigenvalue weighted by Crippen LogP contribution is 2.23. The van der Waals surface area contributed by atoms with E-state index in [-0.39, 0.29) is 41.9 Å². The van der Waals surface area contributed by atoms with E-state index in [1.54, 1.807) is 31.2 Å². The van der Waals surface area contributed by atoms with Gasteiger partial charge in [-0.2, -0.15) is 0 Å². The van der Waals surface area contributed by atoms with Crippen LogP contribution in [-0.2, 0) is 9.53 Å². The summed E-state index contributed by atoms with van der Waals surface area (Å²) in [4.78, 5) is 38.8. The van der Waals surface area contributed by atoms with Crippen molar-refractivity contribution in [2.45, 2.75) is 52.1 Å². The molecule has 1 aliphatic heterocycles. The molecule has 0 bridgehead atoms. The van der Waals surface area contributed by atoms with Crippen molar-refractivity contribution in [3.63, 3.8) is 0 Å². The lowest BCUT2D eigenvalue weighted by Gasteiger charge is -2.38. The zero-order valence-electron chi connectivity index (χ0n) is 17.8. The largest absolute Gasteiger partial charge is 0.484 e. The van der Waals surface area contributed by atoms with Crippen LogP contribution in [0.2, 0.25) is 0 Å². The lowest BCUT2D eigenvalue weighted by atomic mass is 9.97. The van der Waals surface area contributed by atoms with Gasteiger partial charge in [0.1, 0.15) is 5.75 Å². The van der Waals surface area contributed by atoms with Gasteiger partial charge in [-0.25, -0.2) is 4.79 Å². The van der Waals surface area contributed by atoms with Crippen molar-refractivity contribution < 1.29 is 23.9 Å². The summed E-state index contributed by atoms with van der Waals surface area (Å²) in [5, 5.41) is 6.55. The number of esters is 1. The molecule has 1 fully saturated rings. The fourth-order valence-corrected chi connectivity index (χ4v) is 4.17. The lowest BCUT2D eigenvalue weighted by molar-refractivity contribution is -0.139. The summed E-state index contributed by atoms with van der Waals surface area (Å²) in [5.74, 6) is -0.605. The number of ether oxygens (including phenoxy) is 2. The Bertz CT molecular complexity index is 920. The minimum atomic E-state index is -0.641. The Morgan fingerprint density at radius 1 is 1.16 bits per heavy atom. The quantitative estimate of drug-likeness (QED) is 0.651. The van der Waals surface area contributed by atoms with Gasteiger partial charge in [0.25, 0.3) is 11.8 Å². The first-order chi connectivity index (χ1) is 14.9. The van der Waals surface area contributed by atoms with Crippen LogP contribution >= 0.6 is 11.5 Å². The van der Waals surface area contributed by atoms with Gasteiger partial charge in [-0.15, -0.1) is 5.10 Å². The van der Waals surface area contributed by atoms with Crippen molar-refractivity contribution in [1.29, 1.82) is 0 Å². The minimum Gasteiger partial charge on any atom is -0.484 e. The maximum atomic E-state index is 12.6. The second kappa shape index (κ2) is 10.3. The summed E-state index contributed by atoms with van der Waals surface area (Å²) in [6.07, 6.45) is 3.15. The molecule has 1 aromatic heterocycles. The van der Waals surface area contributed by atoms with E-state index in [0.717, 1.165) is 30.8 Å². The van der Waals surface area contributed by atoms with Crippen LogP contribution in [-0.4, -0.2) is 57.6 Å². The number of likely N-dealkylation sites (tertiary alicyclic amines) is 1. The van der Waals surface area contributed by atoms with Gasteiger partial charge in [-0.1, -0.05) is 4.49 Å². The molecule has 0 radical (unpaired) electrons.